The minimum atomic E-state index is -0.727. The van der Waals surface area contributed by atoms with Gasteiger partial charge in [-0.1, -0.05) is 12.1 Å². The molecule has 1 aliphatic carbocycles. The van der Waals surface area contributed by atoms with Crippen molar-refractivity contribution in [2.75, 3.05) is 20.3 Å². The topological polar surface area (TPSA) is 71.0 Å². The Balaban J connectivity index is 1.74. The first-order chi connectivity index (χ1) is 10.7. The number of hydrogen-bond acceptors (Lipinski definition) is 5. The molecule has 122 valence electrons. The van der Waals surface area contributed by atoms with E-state index in [4.69, 9.17) is 9.47 Å². The van der Waals surface area contributed by atoms with Crippen LogP contribution in [-0.4, -0.2) is 54.8 Å². The van der Waals surface area contributed by atoms with E-state index < -0.39 is 12.2 Å². The van der Waals surface area contributed by atoms with Gasteiger partial charge in [-0.3, -0.25) is 0 Å². The number of methoxy groups -OCH3 is 1. The predicted molar refractivity (Wildman–Crippen MR) is 83.1 cm³/mol. The van der Waals surface area contributed by atoms with Gasteiger partial charge in [-0.05, 0) is 37.0 Å². The molecule has 22 heavy (non-hydrogen) atoms. The zero-order valence-corrected chi connectivity index (χ0v) is 12.9. The Bertz CT molecular complexity index is 472. The molecule has 3 rings (SSSR count). The van der Waals surface area contributed by atoms with Gasteiger partial charge in [-0.2, -0.15) is 0 Å². The highest BCUT2D eigenvalue weighted by atomic mass is 16.5. The second-order valence-electron chi connectivity index (χ2n) is 6.25. The lowest BCUT2D eigenvalue weighted by Crippen LogP contribution is -2.48. The summed E-state index contributed by atoms with van der Waals surface area (Å²) >= 11 is 0. The SMILES string of the molecule is COc1ccc([C@H]2C[C@@H](O)[C@@H](O)[C@@H]2NC2CCOCC2)cc1. The van der Waals surface area contributed by atoms with Crippen molar-refractivity contribution >= 4 is 0 Å². The van der Waals surface area contributed by atoms with E-state index in [1.807, 2.05) is 24.3 Å². The number of ether oxygens (including phenoxy) is 2. The summed E-state index contributed by atoms with van der Waals surface area (Å²) in [5.74, 6) is 0.926. The lowest BCUT2D eigenvalue weighted by atomic mass is 9.92. The molecule has 4 atom stereocenters. The molecule has 3 N–H and O–H groups in total. The number of aliphatic hydroxyl groups excluding tert-OH is 2. The van der Waals surface area contributed by atoms with Crippen molar-refractivity contribution in [2.45, 2.75) is 49.5 Å². The van der Waals surface area contributed by atoms with E-state index in [-0.39, 0.29) is 12.0 Å². The maximum absolute atomic E-state index is 10.4. The summed E-state index contributed by atoms with van der Waals surface area (Å²) in [7, 11) is 1.65. The van der Waals surface area contributed by atoms with Crippen LogP contribution in [0.2, 0.25) is 0 Å². The minimum Gasteiger partial charge on any atom is -0.497 e. The van der Waals surface area contributed by atoms with Crippen LogP contribution < -0.4 is 10.1 Å². The number of nitrogens with one attached hydrogen (secondary N) is 1. The Morgan fingerprint density at radius 2 is 1.82 bits per heavy atom. The van der Waals surface area contributed by atoms with Gasteiger partial charge < -0.3 is 25.0 Å². The second-order valence-corrected chi connectivity index (χ2v) is 6.25. The number of hydrogen-bond donors (Lipinski definition) is 3. The van der Waals surface area contributed by atoms with Crippen LogP contribution in [-0.2, 0) is 4.74 Å². The van der Waals surface area contributed by atoms with Gasteiger partial charge in [0.2, 0.25) is 0 Å². The molecule has 0 unspecified atom stereocenters. The van der Waals surface area contributed by atoms with Crippen LogP contribution in [0.25, 0.3) is 0 Å². The molecule has 5 nitrogen and oxygen atoms in total. The molecule has 0 radical (unpaired) electrons. The smallest absolute Gasteiger partial charge is 0.118 e. The Labute approximate surface area is 131 Å². The quantitative estimate of drug-likeness (QED) is 0.775. The maximum atomic E-state index is 10.4. The fourth-order valence-electron chi connectivity index (χ4n) is 3.57. The Kier molecular flexibility index (Phi) is 4.98. The highest BCUT2D eigenvalue weighted by Crippen LogP contribution is 2.36. The van der Waals surface area contributed by atoms with Crippen molar-refractivity contribution in [1.82, 2.24) is 5.32 Å². The summed E-state index contributed by atoms with van der Waals surface area (Å²) in [6, 6.07) is 8.13. The summed E-state index contributed by atoms with van der Waals surface area (Å²) in [6.07, 6.45) is 1.08. The predicted octanol–water partition coefficient (Wildman–Crippen LogP) is 1.04. The van der Waals surface area contributed by atoms with Crippen LogP contribution in [0.3, 0.4) is 0 Å². The van der Waals surface area contributed by atoms with Crippen molar-refractivity contribution in [2.24, 2.45) is 0 Å². The van der Waals surface area contributed by atoms with Crippen LogP contribution in [0, 0.1) is 0 Å². The second kappa shape index (κ2) is 6.96. The first kappa shape index (κ1) is 15.7. The largest absolute Gasteiger partial charge is 0.497 e. The summed E-state index contributed by atoms with van der Waals surface area (Å²) in [4.78, 5) is 0. The van der Waals surface area contributed by atoms with Gasteiger partial charge in [0, 0.05) is 31.2 Å². The molecule has 0 bridgehead atoms. The molecule has 5 heteroatoms. The van der Waals surface area contributed by atoms with Crippen molar-refractivity contribution in [3.05, 3.63) is 29.8 Å². The first-order valence-corrected chi connectivity index (χ1v) is 8.03. The molecule has 0 spiro atoms. The average molecular weight is 307 g/mol. The van der Waals surface area contributed by atoms with Gasteiger partial charge in [0.05, 0.1) is 19.3 Å². The number of aliphatic hydroxyl groups is 2. The Morgan fingerprint density at radius 1 is 1.14 bits per heavy atom. The number of benzene rings is 1. The molecule has 1 aromatic rings. The van der Waals surface area contributed by atoms with Gasteiger partial charge in [-0.15, -0.1) is 0 Å². The summed E-state index contributed by atoms with van der Waals surface area (Å²) < 4.78 is 10.6. The third-order valence-electron chi connectivity index (χ3n) is 4.88. The van der Waals surface area contributed by atoms with Gasteiger partial charge in [0.1, 0.15) is 5.75 Å². The maximum Gasteiger partial charge on any atom is 0.118 e. The summed E-state index contributed by atoms with van der Waals surface area (Å²) in [5.41, 5.74) is 1.13. The molecule has 1 saturated carbocycles. The van der Waals surface area contributed by atoms with E-state index in [1.54, 1.807) is 7.11 Å². The average Bonchev–Trinajstić information content (AvgIpc) is 2.84. The van der Waals surface area contributed by atoms with Gasteiger partial charge in [0.25, 0.3) is 0 Å². The Morgan fingerprint density at radius 3 is 2.45 bits per heavy atom. The first-order valence-electron chi connectivity index (χ1n) is 8.03. The molecule has 2 aliphatic rings. The number of rotatable bonds is 4. The standard InChI is InChI=1S/C17H25NO4/c1-21-13-4-2-11(3-5-13)14-10-15(19)17(20)16(14)18-12-6-8-22-9-7-12/h2-5,12,14-20H,6-10H2,1H3/t14-,15-,16-,17-/m1/s1. The van der Waals surface area contributed by atoms with Gasteiger partial charge >= 0.3 is 0 Å². The summed E-state index contributed by atoms with van der Waals surface area (Å²) in [5, 5.41) is 24.0. The van der Waals surface area contributed by atoms with Crippen LogP contribution >= 0.6 is 0 Å². The molecular weight excluding hydrogens is 282 g/mol. The summed E-state index contributed by atoms with van der Waals surface area (Å²) in [6.45, 7) is 1.52. The van der Waals surface area contributed by atoms with E-state index in [1.165, 1.54) is 0 Å². The highest BCUT2D eigenvalue weighted by molar-refractivity contribution is 5.32. The fourth-order valence-corrected chi connectivity index (χ4v) is 3.57. The van der Waals surface area contributed by atoms with Crippen LogP contribution in [0.5, 0.6) is 5.75 Å². The molecule has 2 fully saturated rings. The van der Waals surface area contributed by atoms with E-state index in [9.17, 15) is 10.2 Å². The minimum absolute atomic E-state index is 0.110. The lowest BCUT2D eigenvalue weighted by molar-refractivity contribution is 0.0205. The van der Waals surface area contributed by atoms with Crippen LogP contribution in [0.15, 0.2) is 24.3 Å². The van der Waals surface area contributed by atoms with Crippen molar-refractivity contribution in [3.63, 3.8) is 0 Å². The van der Waals surface area contributed by atoms with E-state index in [0.29, 0.717) is 12.5 Å². The Hall–Kier alpha value is -1.14. The molecule has 1 aromatic carbocycles. The fraction of sp³-hybridized carbons (Fsp3) is 0.647. The molecule has 0 aromatic heterocycles. The highest BCUT2D eigenvalue weighted by Gasteiger charge is 2.43. The van der Waals surface area contributed by atoms with Gasteiger partial charge in [0.15, 0.2) is 0 Å². The zero-order chi connectivity index (χ0) is 15.5. The molecular formula is C17H25NO4. The molecule has 1 saturated heterocycles. The zero-order valence-electron chi connectivity index (χ0n) is 12.9. The third kappa shape index (κ3) is 3.27. The van der Waals surface area contributed by atoms with E-state index >= 15 is 0 Å². The van der Waals surface area contributed by atoms with Crippen molar-refractivity contribution < 1.29 is 19.7 Å². The van der Waals surface area contributed by atoms with E-state index in [0.717, 1.165) is 37.4 Å². The molecule has 0 amide bonds. The molecule has 1 aliphatic heterocycles. The monoisotopic (exact) mass is 307 g/mol. The van der Waals surface area contributed by atoms with Crippen LogP contribution in [0.4, 0.5) is 0 Å². The third-order valence-corrected chi connectivity index (χ3v) is 4.88. The normalized spacial score (nSPS) is 33.0. The molecule has 1 heterocycles. The van der Waals surface area contributed by atoms with E-state index in [2.05, 4.69) is 5.32 Å². The van der Waals surface area contributed by atoms with Crippen molar-refractivity contribution in [1.29, 1.82) is 0 Å². The van der Waals surface area contributed by atoms with Crippen molar-refractivity contribution in [3.8, 4) is 5.75 Å². The lowest BCUT2D eigenvalue weighted by Gasteiger charge is -2.31. The van der Waals surface area contributed by atoms with Gasteiger partial charge in [-0.25, -0.2) is 0 Å². The van der Waals surface area contributed by atoms with Crippen LogP contribution in [0.1, 0.15) is 30.7 Å².